The fourth-order valence-electron chi connectivity index (χ4n) is 0.493. The Morgan fingerprint density at radius 3 is 2.80 bits per heavy atom. The van der Waals surface area contributed by atoms with Gasteiger partial charge in [-0.1, -0.05) is 12.7 Å². The van der Waals surface area contributed by atoms with Crippen LogP contribution in [0.2, 0.25) is 0 Å². The monoisotopic (exact) mass is 136 g/mol. The Morgan fingerprint density at radius 1 is 1.50 bits per heavy atom. The molecule has 0 aromatic carbocycles. The molecule has 0 aliphatic heterocycles. The number of aromatic nitrogens is 2. The quantitative estimate of drug-likeness (QED) is 0.582. The van der Waals surface area contributed by atoms with Gasteiger partial charge in [-0.3, -0.25) is 0 Å². The zero-order chi connectivity index (χ0) is 7.23. The summed E-state index contributed by atoms with van der Waals surface area (Å²) in [5.41, 5.74) is 0. The van der Waals surface area contributed by atoms with Crippen LogP contribution in [0.1, 0.15) is 0 Å². The van der Waals surface area contributed by atoms with Crippen molar-refractivity contribution in [1.82, 2.24) is 9.97 Å². The third-order valence-corrected chi connectivity index (χ3v) is 0.872. The molecule has 0 aliphatic rings. The lowest BCUT2D eigenvalue weighted by molar-refractivity contribution is 0.333. The topological polar surface area (TPSA) is 35.0 Å². The van der Waals surface area contributed by atoms with Crippen molar-refractivity contribution in [2.45, 2.75) is 0 Å². The number of ether oxygens (including phenoxy) is 1. The molecule has 0 amide bonds. The highest BCUT2D eigenvalue weighted by Crippen LogP contribution is 1.95. The lowest BCUT2D eigenvalue weighted by atomic mass is 10.7. The van der Waals surface area contributed by atoms with Crippen LogP contribution in [0.3, 0.4) is 0 Å². The van der Waals surface area contributed by atoms with Gasteiger partial charge in [-0.25, -0.2) is 9.97 Å². The van der Waals surface area contributed by atoms with E-state index >= 15 is 0 Å². The minimum atomic E-state index is 0.391. The molecule has 1 rings (SSSR count). The first-order valence-corrected chi connectivity index (χ1v) is 2.94. The molecule has 1 aromatic heterocycles. The highest BCUT2D eigenvalue weighted by molar-refractivity contribution is 4.93. The molecule has 1 aromatic rings. The van der Waals surface area contributed by atoms with E-state index in [1.165, 1.54) is 0 Å². The Labute approximate surface area is 59.4 Å². The molecule has 0 saturated heterocycles. The molecule has 0 N–H and O–H groups in total. The fourth-order valence-corrected chi connectivity index (χ4v) is 0.493. The molecule has 3 nitrogen and oxygen atoms in total. The van der Waals surface area contributed by atoms with Crippen LogP contribution in [0.4, 0.5) is 0 Å². The standard InChI is InChI=1S/C7H8N2O/c1-2-6-10-7-8-4-3-5-9-7/h2-5H,1,6H2. The first-order valence-electron chi connectivity index (χ1n) is 2.94. The Balaban J connectivity index is 2.50. The molecular weight excluding hydrogens is 128 g/mol. The lowest BCUT2D eigenvalue weighted by Crippen LogP contribution is -1.96. The summed E-state index contributed by atoms with van der Waals surface area (Å²) >= 11 is 0. The van der Waals surface area contributed by atoms with Crippen molar-refractivity contribution in [3.8, 4) is 6.01 Å². The van der Waals surface area contributed by atoms with Gasteiger partial charge in [0, 0.05) is 12.4 Å². The molecule has 3 heteroatoms. The predicted octanol–water partition coefficient (Wildman–Crippen LogP) is 1.04. The van der Waals surface area contributed by atoms with E-state index in [0.717, 1.165) is 0 Å². The minimum absolute atomic E-state index is 0.391. The molecule has 0 spiro atoms. The van der Waals surface area contributed by atoms with Crippen molar-refractivity contribution in [1.29, 1.82) is 0 Å². The van der Waals surface area contributed by atoms with Gasteiger partial charge in [-0.2, -0.15) is 0 Å². The van der Waals surface area contributed by atoms with Crippen LogP contribution < -0.4 is 4.74 Å². The van der Waals surface area contributed by atoms with Crippen LogP contribution >= 0.6 is 0 Å². The van der Waals surface area contributed by atoms with Crippen molar-refractivity contribution in [3.05, 3.63) is 31.1 Å². The van der Waals surface area contributed by atoms with Crippen molar-refractivity contribution in [2.75, 3.05) is 6.61 Å². The summed E-state index contributed by atoms with van der Waals surface area (Å²) in [6.45, 7) is 3.94. The lowest BCUT2D eigenvalue weighted by Gasteiger charge is -1.96. The average Bonchev–Trinajstić information content (AvgIpc) is 2.03. The van der Waals surface area contributed by atoms with E-state index < -0.39 is 0 Å². The van der Waals surface area contributed by atoms with E-state index in [1.54, 1.807) is 24.5 Å². The third-order valence-electron chi connectivity index (χ3n) is 0.872. The first kappa shape index (κ1) is 6.74. The van der Waals surface area contributed by atoms with E-state index in [2.05, 4.69) is 16.5 Å². The summed E-state index contributed by atoms with van der Waals surface area (Å²) in [7, 11) is 0. The molecule has 52 valence electrons. The molecule has 0 atom stereocenters. The Hall–Kier alpha value is -1.38. The summed E-state index contributed by atoms with van der Waals surface area (Å²) in [5, 5.41) is 0. The molecule has 0 fully saturated rings. The maximum atomic E-state index is 5.01. The summed E-state index contributed by atoms with van der Waals surface area (Å²) in [6.07, 6.45) is 4.91. The maximum absolute atomic E-state index is 5.01. The van der Waals surface area contributed by atoms with Crippen LogP contribution in [-0.2, 0) is 0 Å². The second kappa shape index (κ2) is 3.61. The van der Waals surface area contributed by atoms with E-state index in [1.807, 2.05) is 0 Å². The molecular formula is C7H8N2O. The van der Waals surface area contributed by atoms with Gasteiger partial charge >= 0.3 is 6.01 Å². The van der Waals surface area contributed by atoms with Crippen molar-refractivity contribution >= 4 is 0 Å². The molecule has 10 heavy (non-hydrogen) atoms. The van der Waals surface area contributed by atoms with Gasteiger partial charge < -0.3 is 4.74 Å². The first-order chi connectivity index (χ1) is 4.93. The largest absolute Gasteiger partial charge is 0.459 e. The second-order valence-electron chi connectivity index (χ2n) is 1.63. The fraction of sp³-hybridized carbons (Fsp3) is 0.143. The maximum Gasteiger partial charge on any atom is 0.316 e. The summed E-state index contributed by atoms with van der Waals surface area (Å²) in [6, 6.07) is 2.13. The van der Waals surface area contributed by atoms with E-state index in [9.17, 15) is 0 Å². The van der Waals surface area contributed by atoms with Gasteiger partial charge in [-0.15, -0.1) is 0 Å². The van der Waals surface area contributed by atoms with Crippen LogP contribution in [0.25, 0.3) is 0 Å². The summed E-state index contributed by atoms with van der Waals surface area (Å²) in [5.74, 6) is 0. The Morgan fingerprint density at radius 2 is 2.20 bits per heavy atom. The Bertz CT molecular complexity index is 198. The second-order valence-corrected chi connectivity index (χ2v) is 1.63. The van der Waals surface area contributed by atoms with E-state index in [4.69, 9.17) is 4.74 Å². The molecule has 0 aliphatic carbocycles. The van der Waals surface area contributed by atoms with Gasteiger partial charge in [0.2, 0.25) is 0 Å². The van der Waals surface area contributed by atoms with E-state index in [-0.39, 0.29) is 0 Å². The van der Waals surface area contributed by atoms with E-state index in [0.29, 0.717) is 12.6 Å². The van der Waals surface area contributed by atoms with Gasteiger partial charge in [-0.05, 0) is 6.07 Å². The highest BCUT2D eigenvalue weighted by atomic mass is 16.5. The smallest absolute Gasteiger partial charge is 0.316 e. The van der Waals surface area contributed by atoms with Gasteiger partial charge in [0.25, 0.3) is 0 Å². The summed E-state index contributed by atoms with van der Waals surface area (Å²) in [4.78, 5) is 7.67. The van der Waals surface area contributed by atoms with Crippen molar-refractivity contribution in [3.63, 3.8) is 0 Å². The average molecular weight is 136 g/mol. The van der Waals surface area contributed by atoms with Crippen LogP contribution in [0.15, 0.2) is 31.1 Å². The van der Waals surface area contributed by atoms with Crippen LogP contribution in [-0.4, -0.2) is 16.6 Å². The van der Waals surface area contributed by atoms with Gasteiger partial charge in [0.05, 0.1) is 0 Å². The van der Waals surface area contributed by atoms with Gasteiger partial charge in [0.15, 0.2) is 0 Å². The predicted molar refractivity (Wildman–Crippen MR) is 37.7 cm³/mol. The number of rotatable bonds is 3. The minimum Gasteiger partial charge on any atom is -0.459 e. The highest BCUT2D eigenvalue weighted by Gasteiger charge is 1.88. The molecule has 0 radical (unpaired) electrons. The number of nitrogens with zero attached hydrogens (tertiary/aromatic N) is 2. The molecule has 0 bridgehead atoms. The SMILES string of the molecule is C=CCOc1ncccn1. The van der Waals surface area contributed by atoms with Crippen LogP contribution in [0.5, 0.6) is 6.01 Å². The summed E-state index contributed by atoms with van der Waals surface area (Å²) < 4.78 is 5.01. The number of hydrogen-bond donors (Lipinski definition) is 0. The molecule has 1 heterocycles. The van der Waals surface area contributed by atoms with Crippen LogP contribution in [0, 0.1) is 0 Å². The zero-order valence-corrected chi connectivity index (χ0v) is 5.53. The Kier molecular flexibility index (Phi) is 2.43. The third kappa shape index (κ3) is 1.85. The molecule has 0 unspecified atom stereocenters. The number of hydrogen-bond acceptors (Lipinski definition) is 3. The van der Waals surface area contributed by atoms with Crippen molar-refractivity contribution in [2.24, 2.45) is 0 Å². The van der Waals surface area contributed by atoms with Gasteiger partial charge in [0.1, 0.15) is 6.61 Å². The normalized spacial score (nSPS) is 8.80. The van der Waals surface area contributed by atoms with Crippen molar-refractivity contribution < 1.29 is 4.74 Å². The molecule has 0 saturated carbocycles. The zero-order valence-electron chi connectivity index (χ0n) is 5.53.